The van der Waals surface area contributed by atoms with E-state index in [-0.39, 0.29) is 24.7 Å². The number of nitrogens with two attached hydrogens (primary N) is 1. The number of hydrogen-bond acceptors (Lipinski definition) is 5. The monoisotopic (exact) mass is 279 g/mol. The zero-order valence-electron chi connectivity index (χ0n) is 11.5. The van der Waals surface area contributed by atoms with Gasteiger partial charge in [-0.1, -0.05) is 30.3 Å². The number of amides is 1. The van der Waals surface area contributed by atoms with Crippen LogP contribution in [0.3, 0.4) is 0 Å². The summed E-state index contributed by atoms with van der Waals surface area (Å²) in [4.78, 5) is 14.2. The molecule has 0 radical (unpaired) electrons. The molecule has 1 amide bonds. The highest BCUT2D eigenvalue weighted by atomic mass is 16.5. The second-order valence-corrected chi connectivity index (χ2v) is 5.01. The molecule has 3 unspecified atom stereocenters. The summed E-state index contributed by atoms with van der Waals surface area (Å²) in [5.41, 5.74) is 3.11. The zero-order valence-corrected chi connectivity index (χ0v) is 11.5. The van der Waals surface area contributed by atoms with Crippen LogP contribution in [0.2, 0.25) is 0 Å². The van der Waals surface area contributed by atoms with Crippen molar-refractivity contribution in [3.05, 3.63) is 35.9 Å². The summed E-state index contributed by atoms with van der Waals surface area (Å²) in [5.74, 6) is 5.06. The lowest BCUT2D eigenvalue weighted by atomic mass is 10.0. The van der Waals surface area contributed by atoms with Crippen molar-refractivity contribution in [1.29, 1.82) is 0 Å². The van der Waals surface area contributed by atoms with Crippen molar-refractivity contribution in [1.82, 2.24) is 10.3 Å². The molecule has 0 spiro atoms. The molecule has 0 bridgehead atoms. The number of hydrogen-bond donors (Lipinski definition) is 3. The van der Waals surface area contributed by atoms with Gasteiger partial charge in [0.15, 0.2) is 0 Å². The Hall–Kier alpha value is -1.47. The maximum Gasteiger partial charge on any atom is 0.255 e. The first-order valence-corrected chi connectivity index (χ1v) is 6.71. The van der Waals surface area contributed by atoms with E-state index in [1.807, 2.05) is 42.2 Å². The molecule has 0 aromatic heterocycles. The van der Waals surface area contributed by atoms with Gasteiger partial charge in [0.05, 0.1) is 19.3 Å². The van der Waals surface area contributed by atoms with Gasteiger partial charge in [0.2, 0.25) is 0 Å². The van der Waals surface area contributed by atoms with Crippen LogP contribution in [0.4, 0.5) is 0 Å². The predicted octanol–water partition coefficient (Wildman–Crippen LogP) is -0.201. The van der Waals surface area contributed by atoms with E-state index < -0.39 is 6.04 Å². The number of aliphatic hydroxyl groups excluding tert-OH is 1. The van der Waals surface area contributed by atoms with Gasteiger partial charge in [-0.25, -0.2) is 5.84 Å². The minimum Gasteiger partial charge on any atom is -0.394 e. The molecule has 2 rings (SSSR count). The van der Waals surface area contributed by atoms with Gasteiger partial charge >= 0.3 is 0 Å². The summed E-state index contributed by atoms with van der Waals surface area (Å²) in [7, 11) is 0. The zero-order chi connectivity index (χ0) is 14.5. The average Bonchev–Trinajstić information content (AvgIpc) is 2.50. The topological polar surface area (TPSA) is 87.8 Å². The van der Waals surface area contributed by atoms with E-state index in [0.717, 1.165) is 5.56 Å². The van der Waals surface area contributed by atoms with Crippen molar-refractivity contribution >= 4 is 5.91 Å². The van der Waals surface area contributed by atoms with Crippen LogP contribution in [-0.4, -0.2) is 47.8 Å². The molecular formula is C14H21N3O3. The number of carbonyl (C=O) groups excluding carboxylic acids is 1. The molecule has 20 heavy (non-hydrogen) atoms. The molecule has 1 saturated heterocycles. The number of hydrazine groups is 1. The van der Waals surface area contributed by atoms with Gasteiger partial charge in [0, 0.05) is 12.6 Å². The molecule has 1 heterocycles. The normalized spacial score (nSPS) is 25.1. The molecule has 110 valence electrons. The van der Waals surface area contributed by atoms with Crippen LogP contribution in [0.15, 0.2) is 30.3 Å². The fourth-order valence-corrected chi connectivity index (χ4v) is 2.52. The molecule has 3 atom stereocenters. The molecular weight excluding hydrogens is 258 g/mol. The van der Waals surface area contributed by atoms with E-state index in [1.54, 1.807) is 0 Å². The largest absolute Gasteiger partial charge is 0.394 e. The van der Waals surface area contributed by atoms with Crippen LogP contribution in [0.5, 0.6) is 0 Å². The highest BCUT2D eigenvalue weighted by molar-refractivity contribution is 5.82. The van der Waals surface area contributed by atoms with Crippen LogP contribution in [0, 0.1) is 0 Å². The maximum absolute atomic E-state index is 12.2. The van der Waals surface area contributed by atoms with Gasteiger partial charge in [0.1, 0.15) is 6.04 Å². The van der Waals surface area contributed by atoms with Crippen molar-refractivity contribution in [3.8, 4) is 0 Å². The first-order valence-electron chi connectivity index (χ1n) is 6.71. The minimum atomic E-state index is -0.478. The van der Waals surface area contributed by atoms with Crippen molar-refractivity contribution in [2.24, 2.45) is 5.84 Å². The van der Waals surface area contributed by atoms with Crippen molar-refractivity contribution in [2.45, 2.75) is 25.1 Å². The Bertz CT molecular complexity index is 441. The molecule has 0 aliphatic carbocycles. The van der Waals surface area contributed by atoms with Gasteiger partial charge in [-0.05, 0) is 12.5 Å². The first-order chi connectivity index (χ1) is 9.67. The molecule has 1 fully saturated rings. The summed E-state index contributed by atoms with van der Waals surface area (Å²) in [6, 6.07) is 9.07. The lowest BCUT2D eigenvalue weighted by Gasteiger charge is -2.41. The van der Waals surface area contributed by atoms with Crippen molar-refractivity contribution in [2.75, 3.05) is 19.8 Å². The number of aliphatic hydroxyl groups is 1. The summed E-state index contributed by atoms with van der Waals surface area (Å²) in [6.45, 7) is 2.90. The van der Waals surface area contributed by atoms with Crippen LogP contribution >= 0.6 is 0 Å². The van der Waals surface area contributed by atoms with E-state index in [4.69, 9.17) is 10.6 Å². The standard InChI is InChI=1S/C14H21N3O3/c1-10-9-20-12(8-18)7-17(10)13(14(19)16-15)11-5-3-2-4-6-11/h2-6,10,12-13,18H,7-9,15H2,1H3,(H,16,19). The number of rotatable bonds is 4. The third kappa shape index (κ3) is 3.16. The SMILES string of the molecule is CC1COC(CO)CN1C(C(=O)NN)c1ccccc1. The maximum atomic E-state index is 12.2. The average molecular weight is 279 g/mol. The third-order valence-corrected chi connectivity index (χ3v) is 3.59. The Labute approximate surface area is 118 Å². The van der Waals surface area contributed by atoms with Gasteiger partial charge in [-0.15, -0.1) is 0 Å². The number of benzene rings is 1. The third-order valence-electron chi connectivity index (χ3n) is 3.59. The fraction of sp³-hybridized carbons (Fsp3) is 0.500. The first kappa shape index (κ1) is 14.9. The number of ether oxygens (including phenoxy) is 1. The molecule has 1 aromatic rings. The lowest BCUT2D eigenvalue weighted by Crippen LogP contribution is -2.54. The summed E-state index contributed by atoms with van der Waals surface area (Å²) in [6.07, 6.45) is -0.275. The molecule has 1 aromatic carbocycles. The molecule has 4 N–H and O–H groups in total. The fourth-order valence-electron chi connectivity index (χ4n) is 2.52. The second-order valence-electron chi connectivity index (χ2n) is 5.01. The second kappa shape index (κ2) is 6.81. The van der Waals surface area contributed by atoms with Gasteiger partial charge in [-0.3, -0.25) is 15.1 Å². The molecule has 0 saturated carbocycles. The van der Waals surface area contributed by atoms with E-state index >= 15 is 0 Å². The molecule has 6 nitrogen and oxygen atoms in total. The van der Waals surface area contributed by atoms with E-state index in [0.29, 0.717) is 13.2 Å². The van der Waals surface area contributed by atoms with E-state index in [1.165, 1.54) is 0 Å². The Morgan fingerprint density at radius 3 is 2.85 bits per heavy atom. The van der Waals surface area contributed by atoms with Gasteiger partial charge in [-0.2, -0.15) is 0 Å². The quantitative estimate of drug-likeness (QED) is 0.403. The highest BCUT2D eigenvalue weighted by Crippen LogP contribution is 2.26. The van der Waals surface area contributed by atoms with Crippen LogP contribution in [0.1, 0.15) is 18.5 Å². The summed E-state index contributed by atoms with van der Waals surface area (Å²) in [5, 5.41) is 9.27. The van der Waals surface area contributed by atoms with Crippen molar-refractivity contribution in [3.63, 3.8) is 0 Å². The van der Waals surface area contributed by atoms with Crippen LogP contribution in [0.25, 0.3) is 0 Å². The van der Waals surface area contributed by atoms with Crippen molar-refractivity contribution < 1.29 is 14.6 Å². The highest BCUT2D eigenvalue weighted by Gasteiger charge is 2.35. The summed E-state index contributed by atoms with van der Waals surface area (Å²) >= 11 is 0. The van der Waals surface area contributed by atoms with Crippen LogP contribution < -0.4 is 11.3 Å². The Morgan fingerprint density at radius 2 is 2.25 bits per heavy atom. The predicted molar refractivity (Wildman–Crippen MR) is 74.5 cm³/mol. The number of morpholine rings is 1. The smallest absolute Gasteiger partial charge is 0.255 e. The summed E-state index contributed by atoms with van der Waals surface area (Å²) < 4.78 is 5.51. The Kier molecular flexibility index (Phi) is 5.08. The van der Waals surface area contributed by atoms with Crippen LogP contribution in [-0.2, 0) is 9.53 Å². The Morgan fingerprint density at radius 1 is 1.55 bits per heavy atom. The molecule has 1 aliphatic rings. The Balaban J connectivity index is 2.28. The number of nitrogens with zero attached hydrogens (tertiary/aromatic N) is 1. The lowest BCUT2D eigenvalue weighted by molar-refractivity contribution is -0.136. The van der Waals surface area contributed by atoms with E-state index in [9.17, 15) is 9.90 Å². The molecule has 6 heteroatoms. The van der Waals surface area contributed by atoms with E-state index in [2.05, 4.69) is 5.43 Å². The van der Waals surface area contributed by atoms with Gasteiger partial charge < -0.3 is 9.84 Å². The van der Waals surface area contributed by atoms with Gasteiger partial charge in [0.25, 0.3) is 5.91 Å². The molecule has 1 aliphatic heterocycles. The minimum absolute atomic E-state index is 0.0605. The number of nitrogens with one attached hydrogen (secondary N) is 1. The number of carbonyl (C=O) groups is 1.